The van der Waals surface area contributed by atoms with Crippen LogP contribution in [0.5, 0.6) is 53.3 Å². The van der Waals surface area contributed by atoms with Gasteiger partial charge in [-0.25, -0.2) is 0 Å². The summed E-state index contributed by atoms with van der Waals surface area (Å²) in [5, 5.41) is -0.0835. The molecule has 15 nitrogen and oxygen atoms in total. The number of halogens is 3. The van der Waals surface area contributed by atoms with Gasteiger partial charge in [-0.2, -0.15) is 29.9 Å². The molecule has 0 amide bonds. The van der Waals surface area contributed by atoms with Gasteiger partial charge in [0.25, 0.3) is 0 Å². The van der Waals surface area contributed by atoms with Gasteiger partial charge in [0.05, 0.1) is 19.8 Å². The molecular weight excluding hydrogens is 869 g/mol. The van der Waals surface area contributed by atoms with Crippen molar-refractivity contribution in [1.82, 2.24) is 44.9 Å². The number of nitrogens with zero attached hydrogens (tertiary/aromatic N) is 9. The molecule has 7 rings (SSSR count). The Hall–Kier alpha value is -6.42. The first-order valence-electron chi connectivity index (χ1n) is 20.4. The van der Waals surface area contributed by atoms with Crippen molar-refractivity contribution in [3.8, 4) is 86.7 Å². The lowest BCUT2D eigenvalue weighted by atomic mass is 9.93. The van der Waals surface area contributed by atoms with Gasteiger partial charge in [-0.3, -0.25) is 0 Å². The molecule has 3 heterocycles. The summed E-state index contributed by atoms with van der Waals surface area (Å²) in [6.07, 6.45) is 5.45. The first-order chi connectivity index (χ1) is 30.7. The van der Waals surface area contributed by atoms with E-state index < -0.39 is 0 Å². The van der Waals surface area contributed by atoms with Crippen molar-refractivity contribution in [2.24, 2.45) is 0 Å². The summed E-state index contributed by atoms with van der Waals surface area (Å²) in [4.78, 5) is 37.2. The van der Waals surface area contributed by atoms with Gasteiger partial charge in [0.15, 0.2) is 0 Å². The Bertz CT molecular complexity index is 2300. The number of aromatic nitrogens is 9. The van der Waals surface area contributed by atoms with E-state index in [0.717, 1.165) is 71.9 Å². The monoisotopic (exact) mass is 909 g/mol. The minimum Gasteiger partial charge on any atom is -0.463 e. The molecule has 0 spiro atoms. The summed E-state index contributed by atoms with van der Waals surface area (Å²) < 4.78 is 34.7. The Morgan fingerprint density at radius 1 is 0.333 bits per heavy atom. The maximum absolute atomic E-state index is 6.15. The molecule has 0 unspecified atom stereocenters. The molecule has 4 aromatic carbocycles. The van der Waals surface area contributed by atoms with E-state index in [4.69, 9.17) is 63.2 Å². The van der Waals surface area contributed by atoms with Gasteiger partial charge in [0, 0.05) is 0 Å². The lowest BCUT2D eigenvalue weighted by Gasteiger charge is -2.13. The van der Waals surface area contributed by atoms with E-state index in [-0.39, 0.29) is 51.9 Å². The third kappa shape index (κ3) is 13.0. The number of unbranched alkanes of at least 4 members (excludes halogenated alkanes) is 3. The summed E-state index contributed by atoms with van der Waals surface area (Å²) >= 11 is 18.4. The van der Waals surface area contributed by atoms with E-state index in [0.29, 0.717) is 37.1 Å². The van der Waals surface area contributed by atoms with Gasteiger partial charge >= 0.3 is 36.1 Å². The third-order valence-electron chi connectivity index (χ3n) is 9.01. The van der Waals surface area contributed by atoms with Crippen LogP contribution < -0.4 is 28.4 Å². The lowest BCUT2D eigenvalue weighted by molar-refractivity contribution is 0.278. The molecule has 0 fully saturated rings. The quantitative estimate of drug-likeness (QED) is 0.0623. The van der Waals surface area contributed by atoms with Gasteiger partial charge in [-0.05, 0) is 142 Å². The second-order valence-corrected chi connectivity index (χ2v) is 14.8. The highest BCUT2D eigenvalue weighted by Gasteiger charge is 2.14. The predicted octanol–water partition coefficient (Wildman–Crippen LogP) is 12.1. The molecule has 0 bridgehead atoms. The van der Waals surface area contributed by atoms with Gasteiger partial charge in [0.1, 0.15) is 17.2 Å². The molecular formula is C45H42Cl3N9O6. The molecule has 324 valence electrons. The molecule has 0 aliphatic heterocycles. The summed E-state index contributed by atoms with van der Waals surface area (Å²) in [7, 11) is 0. The van der Waals surface area contributed by atoms with Crippen LogP contribution >= 0.6 is 34.8 Å². The van der Waals surface area contributed by atoms with Crippen LogP contribution in [0.3, 0.4) is 0 Å². The average Bonchev–Trinajstić information content (AvgIpc) is 3.27. The first kappa shape index (κ1) is 44.6. The van der Waals surface area contributed by atoms with Crippen LogP contribution in [0.4, 0.5) is 0 Å². The number of hydrogen-bond acceptors (Lipinski definition) is 15. The van der Waals surface area contributed by atoms with E-state index in [9.17, 15) is 0 Å². The fraction of sp³-hybridized carbons (Fsp3) is 0.267. The zero-order chi connectivity index (χ0) is 44.0. The van der Waals surface area contributed by atoms with Crippen molar-refractivity contribution in [2.45, 2.75) is 59.3 Å². The van der Waals surface area contributed by atoms with Crippen LogP contribution in [0, 0.1) is 0 Å². The zero-order valence-corrected chi connectivity index (χ0v) is 36.9. The van der Waals surface area contributed by atoms with Gasteiger partial charge in [-0.15, -0.1) is 15.0 Å². The van der Waals surface area contributed by atoms with Crippen molar-refractivity contribution in [1.29, 1.82) is 0 Å². The van der Waals surface area contributed by atoms with E-state index in [2.05, 4.69) is 83.8 Å². The van der Waals surface area contributed by atoms with Crippen molar-refractivity contribution in [3.63, 3.8) is 0 Å². The Morgan fingerprint density at radius 2 is 0.587 bits per heavy atom. The minimum absolute atomic E-state index is 0.0251. The van der Waals surface area contributed by atoms with Crippen LogP contribution in [-0.4, -0.2) is 64.7 Å². The van der Waals surface area contributed by atoms with Crippen molar-refractivity contribution in [2.75, 3.05) is 19.8 Å². The van der Waals surface area contributed by atoms with E-state index in [1.165, 1.54) is 0 Å². The van der Waals surface area contributed by atoms with Crippen molar-refractivity contribution < 1.29 is 28.4 Å². The summed E-state index contributed by atoms with van der Waals surface area (Å²) in [5.74, 6) is 1.50. The maximum atomic E-state index is 6.15. The minimum atomic E-state index is -0.0278. The highest BCUT2D eigenvalue weighted by molar-refractivity contribution is 6.28. The fourth-order valence-electron chi connectivity index (χ4n) is 5.79. The van der Waals surface area contributed by atoms with E-state index in [1.807, 2.05) is 72.8 Å². The van der Waals surface area contributed by atoms with Gasteiger partial charge in [0.2, 0.25) is 15.9 Å². The molecule has 0 atom stereocenters. The average molecular weight is 911 g/mol. The summed E-state index contributed by atoms with van der Waals surface area (Å²) in [6.45, 7) is 7.57. The second-order valence-electron chi connectivity index (χ2n) is 13.8. The molecule has 0 saturated heterocycles. The highest BCUT2D eigenvalue weighted by atomic mass is 35.5. The number of hydrogen-bond donors (Lipinski definition) is 0. The third-order valence-corrected chi connectivity index (χ3v) is 9.52. The number of benzene rings is 4. The fourth-order valence-corrected chi connectivity index (χ4v) is 6.22. The summed E-state index contributed by atoms with van der Waals surface area (Å²) in [5.41, 5.74) is 5.60. The summed E-state index contributed by atoms with van der Waals surface area (Å²) in [6, 6.07) is 29.4. The molecule has 0 aliphatic carbocycles. The van der Waals surface area contributed by atoms with E-state index >= 15 is 0 Å². The van der Waals surface area contributed by atoms with Crippen LogP contribution in [-0.2, 0) is 0 Å². The predicted molar refractivity (Wildman–Crippen MR) is 239 cm³/mol. The Balaban J connectivity index is 1.15. The molecule has 63 heavy (non-hydrogen) atoms. The molecule has 0 saturated carbocycles. The number of ether oxygens (including phenoxy) is 6. The Kier molecular flexibility index (Phi) is 15.6. The molecule has 0 aliphatic rings. The van der Waals surface area contributed by atoms with Crippen LogP contribution in [0.1, 0.15) is 59.3 Å². The Morgan fingerprint density at radius 3 is 0.841 bits per heavy atom. The van der Waals surface area contributed by atoms with Crippen molar-refractivity contribution in [3.05, 3.63) is 107 Å². The van der Waals surface area contributed by atoms with Crippen LogP contribution in [0.15, 0.2) is 91.0 Å². The molecule has 0 N–H and O–H groups in total. The SMILES string of the molecule is CCCCOc1nc(Cl)nc(Oc2ccc(-c3cc(-c4ccc(Oc5nc(Cl)nc(OCCCC)n5)cc4)cc(-c4ccc(Oc5nc(Cl)nc(OCCCC)n5)cc4)c3)cc2)n1. The normalized spacial score (nSPS) is 11.0. The maximum Gasteiger partial charge on any atom is 0.329 e. The van der Waals surface area contributed by atoms with Crippen LogP contribution in [0.2, 0.25) is 15.9 Å². The number of rotatable bonds is 21. The standard InChI is InChI=1S/C45H42Cl3N9O6/c1-4-7-22-58-40-49-37(46)52-43(55-40)61-34-16-10-28(11-17-34)31-25-32(29-12-18-35(19-13-29)62-44-53-38(47)50-41(56-44)59-23-8-5-2)27-33(26-31)30-14-20-36(21-15-30)63-45-54-39(48)51-42(57-45)60-24-9-6-3/h10-21,25-27H,4-9,22-24H2,1-3H3. The molecule has 3 aromatic heterocycles. The topological polar surface area (TPSA) is 171 Å². The molecule has 18 heteroatoms. The smallest absolute Gasteiger partial charge is 0.329 e. The highest BCUT2D eigenvalue weighted by Crippen LogP contribution is 2.36. The zero-order valence-electron chi connectivity index (χ0n) is 34.6. The molecule has 0 radical (unpaired) electrons. The second kappa shape index (κ2) is 22.1. The van der Waals surface area contributed by atoms with E-state index in [1.54, 1.807) is 0 Å². The largest absolute Gasteiger partial charge is 0.463 e. The van der Waals surface area contributed by atoms with Gasteiger partial charge < -0.3 is 28.4 Å². The Labute approximate surface area is 379 Å². The first-order valence-corrected chi connectivity index (χ1v) is 21.5. The molecule has 7 aromatic rings. The van der Waals surface area contributed by atoms with Gasteiger partial charge in [-0.1, -0.05) is 76.4 Å². The lowest BCUT2D eigenvalue weighted by Crippen LogP contribution is -2.03. The van der Waals surface area contributed by atoms with Crippen LogP contribution in [0.25, 0.3) is 33.4 Å². The van der Waals surface area contributed by atoms with Crippen molar-refractivity contribution >= 4 is 34.8 Å².